The average molecular weight is 199 g/mol. The van der Waals surface area contributed by atoms with Crippen LogP contribution < -0.4 is 5.73 Å². The van der Waals surface area contributed by atoms with Crippen LogP contribution in [0.25, 0.3) is 0 Å². The number of nitrogens with two attached hydrogens (primary N) is 1. The predicted octanol–water partition coefficient (Wildman–Crippen LogP) is 3.35. The SMILES string of the molecule is Cc1ccc(N)cc1C1(C)C=CC=CC1. The summed E-state index contributed by atoms with van der Waals surface area (Å²) >= 11 is 0. The van der Waals surface area contributed by atoms with Crippen molar-refractivity contribution in [2.24, 2.45) is 0 Å². The standard InChI is InChI=1S/C14H17N/c1-11-6-7-12(15)10-13(11)14(2)8-4-3-5-9-14/h3-8,10H,9,15H2,1-2H3. The summed E-state index contributed by atoms with van der Waals surface area (Å²) in [5.74, 6) is 0. The van der Waals surface area contributed by atoms with Crippen LogP contribution in [-0.2, 0) is 5.41 Å². The summed E-state index contributed by atoms with van der Waals surface area (Å²) in [6, 6.07) is 6.16. The molecule has 1 nitrogen and oxygen atoms in total. The predicted molar refractivity (Wildman–Crippen MR) is 65.8 cm³/mol. The number of aryl methyl sites for hydroxylation is 1. The summed E-state index contributed by atoms with van der Waals surface area (Å²) in [6.45, 7) is 4.40. The van der Waals surface area contributed by atoms with Crippen molar-refractivity contribution in [3.8, 4) is 0 Å². The normalized spacial score (nSPS) is 24.4. The van der Waals surface area contributed by atoms with Crippen LogP contribution in [0, 0.1) is 6.92 Å². The number of hydrogen-bond donors (Lipinski definition) is 1. The number of rotatable bonds is 1. The van der Waals surface area contributed by atoms with Crippen LogP contribution in [0.1, 0.15) is 24.5 Å². The molecule has 1 unspecified atom stereocenters. The summed E-state index contributed by atoms with van der Waals surface area (Å²) < 4.78 is 0. The van der Waals surface area contributed by atoms with Gasteiger partial charge in [0.1, 0.15) is 0 Å². The summed E-state index contributed by atoms with van der Waals surface area (Å²) in [7, 11) is 0. The molecular formula is C14H17N. The van der Waals surface area contributed by atoms with Gasteiger partial charge >= 0.3 is 0 Å². The Bertz CT molecular complexity index is 429. The maximum absolute atomic E-state index is 5.85. The van der Waals surface area contributed by atoms with E-state index in [1.165, 1.54) is 11.1 Å². The Morgan fingerprint density at radius 2 is 2.07 bits per heavy atom. The molecule has 0 bridgehead atoms. The number of nitrogen functional groups attached to an aromatic ring is 1. The Balaban J connectivity index is 2.48. The zero-order valence-corrected chi connectivity index (χ0v) is 9.33. The van der Waals surface area contributed by atoms with E-state index >= 15 is 0 Å². The molecule has 2 N–H and O–H groups in total. The maximum atomic E-state index is 5.85. The van der Waals surface area contributed by atoms with Crippen molar-refractivity contribution in [1.29, 1.82) is 0 Å². The second-order valence-electron chi connectivity index (χ2n) is 4.48. The second-order valence-corrected chi connectivity index (χ2v) is 4.48. The maximum Gasteiger partial charge on any atom is 0.0317 e. The molecule has 15 heavy (non-hydrogen) atoms. The minimum atomic E-state index is 0.105. The van der Waals surface area contributed by atoms with Gasteiger partial charge in [-0.25, -0.2) is 0 Å². The fraction of sp³-hybridized carbons (Fsp3) is 0.286. The van der Waals surface area contributed by atoms with Crippen molar-refractivity contribution in [2.45, 2.75) is 25.7 Å². The van der Waals surface area contributed by atoms with E-state index in [4.69, 9.17) is 5.73 Å². The Morgan fingerprint density at radius 3 is 2.73 bits per heavy atom. The molecule has 1 aromatic rings. The fourth-order valence-electron chi connectivity index (χ4n) is 2.18. The Hall–Kier alpha value is -1.50. The lowest BCUT2D eigenvalue weighted by Gasteiger charge is -2.29. The van der Waals surface area contributed by atoms with E-state index in [0.29, 0.717) is 0 Å². The molecule has 0 saturated carbocycles. The van der Waals surface area contributed by atoms with Crippen LogP contribution in [0.15, 0.2) is 42.5 Å². The zero-order valence-electron chi connectivity index (χ0n) is 9.33. The molecule has 1 atom stereocenters. The van der Waals surface area contributed by atoms with Gasteiger partial charge in [0.05, 0.1) is 0 Å². The largest absolute Gasteiger partial charge is 0.399 e. The van der Waals surface area contributed by atoms with Crippen molar-refractivity contribution < 1.29 is 0 Å². The van der Waals surface area contributed by atoms with E-state index in [9.17, 15) is 0 Å². The van der Waals surface area contributed by atoms with Gasteiger partial charge in [0.15, 0.2) is 0 Å². The van der Waals surface area contributed by atoms with Crippen molar-refractivity contribution in [1.82, 2.24) is 0 Å². The van der Waals surface area contributed by atoms with E-state index in [-0.39, 0.29) is 5.41 Å². The molecule has 0 aromatic heterocycles. The summed E-state index contributed by atoms with van der Waals surface area (Å²) in [5, 5.41) is 0. The smallest absolute Gasteiger partial charge is 0.0317 e. The van der Waals surface area contributed by atoms with Gasteiger partial charge in [0.2, 0.25) is 0 Å². The third kappa shape index (κ3) is 1.82. The second kappa shape index (κ2) is 3.58. The Morgan fingerprint density at radius 1 is 1.27 bits per heavy atom. The van der Waals surface area contributed by atoms with E-state index < -0.39 is 0 Å². The van der Waals surface area contributed by atoms with Crippen molar-refractivity contribution in [3.63, 3.8) is 0 Å². The molecule has 0 amide bonds. The van der Waals surface area contributed by atoms with Gasteiger partial charge in [0.25, 0.3) is 0 Å². The fourth-order valence-corrected chi connectivity index (χ4v) is 2.18. The lowest BCUT2D eigenvalue weighted by molar-refractivity contribution is 0.596. The molecule has 1 aromatic carbocycles. The average Bonchev–Trinajstić information content (AvgIpc) is 2.23. The quantitative estimate of drug-likeness (QED) is 0.690. The van der Waals surface area contributed by atoms with Crippen LogP contribution in [0.2, 0.25) is 0 Å². The molecule has 1 aliphatic carbocycles. The van der Waals surface area contributed by atoms with Crippen molar-refractivity contribution >= 4 is 5.69 Å². The van der Waals surface area contributed by atoms with Gasteiger partial charge in [0, 0.05) is 11.1 Å². The van der Waals surface area contributed by atoms with E-state index in [2.05, 4.69) is 50.3 Å². The number of anilines is 1. The molecule has 0 saturated heterocycles. The minimum absolute atomic E-state index is 0.105. The van der Waals surface area contributed by atoms with Crippen molar-refractivity contribution in [3.05, 3.63) is 53.6 Å². The van der Waals surface area contributed by atoms with Gasteiger partial charge in [-0.2, -0.15) is 0 Å². The first-order chi connectivity index (χ1) is 7.12. The van der Waals surface area contributed by atoms with Gasteiger partial charge in [-0.3, -0.25) is 0 Å². The van der Waals surface area contributed by atoms with Gasteiger partial charge < -0.3 is 5.73 Å². The first kappa shape index (κ1) is 10.0. The molecule has 1 aliphatic rings. The minimum Gasteiger partial charge on any atom is -0.399 e. The van der Waals surface area contributed by atoms with Crippen molar-refractivity contribution in [2.75, 3.05) is 5.73 Å². The zero-order chi connectivity index (χ0) is 10.9. The monoisotopic (exact) mass is 199 g/mol. The lowest BCUT2D eigenvalue weighted by Crippen LogP contribution is -2.20. The van der Waals surface area contributed by atoms with E-state index in [1.807, 2.05) is 6.07 Å². The molecule has 78 valence electrons. The van der Waals surface area contributed by atoms with Crippen LogP contribution in [0.5, 0.6) is 0 Å². The number of allylic oxidation sites excluding steroid dienone is 4. The van der Waals surface area contributed by atoms with Crippen LogP contribution in [0.4, 0.5) is 5.69 Å². The molecule has 1 heteroatoms. The summed E-state index contributed by atoms with van der Waals surface area (Å²) in [6.07, 6.45) is 9.74. The molecular weight excluding hydrogens is 182 g/mol. The molecule has 0 radical (unpaired) electrons. The molecule has 0 aliphatic heterocycles. The summed E-state index contributed by atoms with van der Waals surface area (Å²) in [4.78, 5) is 0. The third-order valence-electron chi connectivity index (χ3n) is 3.13. The van der Waals surface area contributed by atoms with Gasteiger partial charge in [-0.05, 0) is 36.6 Å². The third-order valence-corrected chi connectivity index (χ3v) is 3.13. The van der Waals surface area contributed by atoms with Crippen LogP contribution in [0.3, 0.4) is 0 Å². The molecule has 2 rings (SSSR count). The topological polar surface area (TPSA) is 26.0 Å². The first-order valence-electron chi connectivity index (χ1n) is 5.33. The Kier molecular flexibility index (Phi) is 2.39. The lowest BCUT2D eigenvalue weighted by atomic mass is 9.75. The van der Waals surface area contributed by atoms with Gasteiger partial charge in [-0.15, -0.1) is 0 Å². The number of hydrogen-bond acceptors (Lipinski definition) is 1. The van der Waals surface area contributed by atoms with E-state index in [0.717, 1.165) is 12.1 Å². The van der Waals surface area contributed by atoms with Crippen LogP contribution >= 0.6 is 0 Å². The first-order valence-corrected chi connectivity index (χ1v) is 5.33. The Labute approximate surface area is 91.3 Å². The highest BCUT2D eigenvalue weighted by atomic mass is 14.5. The van der Waals surface area contributed by atoms with Crippen LogP contribution in [-0.4, -0.2) is 0 Å². The van der Waals surface area contributed by atoms with E-state index in [1.54, 1.807) is 0 Å². The molecule has 0 heterocycles. The highest BCUT2D eigenvalue weighted by Crippen LogP contribution is 2.34. The highest BCUT2D eigenvalue weighted by Gasteiger charge is 2.25. The summed E-state index contributed by atoms with van der Waals surface area (Å²) in [5.41, 5.74) is 9.45. The molecule has 0 fully saturated rings. The molecule has 0 spiro atoms. The highest BCUT2D eigenvalue weighted by molar-refractivity contribution is 5.49. The number of benzene rings is 1. The van der Waals surface area contributed by atoms with Gasteiger partial charge in [-0.1, -0.05) is 37.3 Å².